The average molecular weight is 280 g/mol. The van der Waals surface area contributed by atoms with Gasteiger partial charge in [-0.15, -0.1) is 6.42 Å². The van der Waals surface area contributed by atoms with Crippen LogP contribution in [0.3, 0.4) is 0 Å². The summed E-state index contributed by atoms with van der Waals surface area (Å²) in [5.74, 6) is 4.00. The Hall–Kier alpha value is -2.24. The maximum atomic E-state index is 10.7. The van der Waals surface area contributed by atoms with Crippen molar-refractivity contribution in [3.63, 3.8) is 0 Å². The van der Waals surface area contributed by atoms with E-state index < -0.39 is 11.0 Å². The molecular formula is C19H20O2. The molecule has 2 rings (SSSR count). The zero-order valence-electron chi connectivity index (χ0n) is 12.6. The second-order valence-electron chi connectivity index (χ2n) is 6.04. The summed E-state index contributed by atoms with van der Waals surface area (Å²) in [6.45, 7) is 5.75. The molecule has 2 heteroatoms. The molecular weight excluding hydrogens is 260 g/mol. The quantitative estimate of drug-likeness (QED) is 0.847. The van der Waals surface area contributed by atoms with E-state index >= 15 is 0 Å². The lowest BCUT2D eigenvalue weighted by molar-refractivity contribution is -0.00888. The molecule has 0 unspecified atom stereocenters. The van der Waals surface area contributed by atoms with Crippen molar-refractivity contribution in [2.24, 2.45) is 5.41 Å². The van der Waals surface area contributed by atoms with Gasteiger partial charge in [0.15, 0.2) is 5.60 Å². The van der Waals surface area contributed by atoms with Crippen LogP contribution in [-0.2, 0) is 5.60 Å². The molecule has 0 aliphatic carbocycles. The van der Waals surface area contributed by atoms with E-state index in [2.05, 4.69) is 5.92 Å². The van der Waals surface area contributed by atoms with E-state index in [9.17, 15) is 5.11 Å². The molecule has 0 spiro atoms. The fourth-order valence-corrected chi connectivity index (χ4v) is 2.12. The largest absolute Gasteiger partial charge is 0.457 e. The number of ether oxygens (including phenoxy) is 1. The molecule has 0 aromatic heterocycles. The Morgan fingerprint density at radius 2 is 1.43 bits per heavy atom. The SMILES string of the molecule is C#C[C@](O)(c1ccc(Oc2ccccc2)cc1)C(C)(C)C. The first-order valence-electron chi connectivity index (χ1n) is 6.90. The molecule has 21 heavy (non-hydrogen) atoms. The van der Waals surface area contributed by atoms with Crippen LogP contribution in [0.5, 0.6) is 11.5 Å². The third kappa shape index (κ3) is 3.09. The number of benzene rings is 2. The molecule has 2 nitrogen and oxygen atoms in total. The van der Waals surface area contributed by atoms with Gasteiger partial charge in [0.1, 0.15) is 11.5 Å². The molecule has 0 fully saturated rings. The van der Waals surface area contributed by atoms with Crippen molar-refractivity contribution in [2.45, 2.75) is 26.4 Å². The van der Waals surface area contributed by atoms with E-state index in [4.69, 9.17) is 11.2 Å². The monoisotopic (exact) mass is 280 g/mol. The van der Waals surface area contributed by atoms with E-state index in [0.29, 0.717) is 11.3 Å². The highest BCUT2D eigenvalue weighted by Gasteiger charge is 2.39. The molecule has 0 aliphatic rings. The number of para-hydroxylation sites is 1. The maximum Gasteiger partial charge on any atom is 0.155 e. The fourth-order valence-electron chi connectivity index (χ4n) is 2.12. The lowest BCUT2D eigenvalue weighted by atomic mass is 9.73. The van der Waals surface area contributed by atoms with Crippen LogP contribution in [0.4, 0.5) is 0 Å². The van der Waals surface area contributed by atoms with Gasteiger partial charge in [-0.3, -0.25) is 0 Å². The molecule has 0 heterocycles. The van der Waals surface area contributed by atoms with Crippen LogP contribution in [0.15, 0.2) is 54.6 Å². The normalized spacial score (nSPS) is 14.0. The summed E-state index contributed by atoms with van der Waals surface area (Å²) in [5, 5.41) is 10.7. The summed E-state index contributed by atoms with van der Waals surface area (Å²) in [4.78, 5) is 0. The van der Waals surface area contributed by atoms with Crippen LogP contribution >= 0.6 is 0 Å². The minimum Gasteiger partial charge on any atom is -0.457 e. The molecule has 2 aromatic rings. The van der Waals surface area contributed by atoms with Crippen molar-refractivity contribution in [3.05, 3.63) is 60.2 Å². The van der Waals surface area contributed by atoms with Gasteiger partial charge in [0.2, 0.25) is 0 Å². The fraction of sp³-hybridized carbons (Fsp3) is 0.263. The zero-order valence-corrected chi connectivity index (χ0v) is 12.6. The number of hydrogen-bond donors (Lipinski definition) is 1. The topological polar surface area (TPSA) is 29.5 Å². The zero-order chi connectivity index (χ0) is 15.5. The number of rotatable bonds is 3. The van der Waals surface area contributed by atoms with E-state index in [-0.39, 0.29) is 0 Å². The Morgan fingerprint density at radius 3 is 1.90 bits per heavy atom. The molecule has 0 saturated heterocycles. The first kappa shape index (κ1) is 15.2. The molecule has 0 bridgehead atoms. The van der Waals surface area contributed by atoms with Crippen LogP contribution in [0.2, 0.25) is 0 Å². The molecule has 1 atom stereocenters. The summed E-state index contributed by atoms with van der Waals surface area (Å²) in [6, 6.07) is 16.8. The first-order valence-corrected chi connectivity index (χ1v) is 6.90. The molecule has 1 N–H and O–H groups in total. The Labute approximate surface area is 126 Å². The Morgan fingerprint density at radius 1 is 0.905 bits per heavy atom. The van der Waals surface area contributed by atoms with Crippen molar-refractivity contribution in [2.75, 3.05) is 0 Å². The molecule has 0 amide bonds. The standard InChI is InChI=1S/C19H20O2/c1-5-19(20,18(2,3)4)15-11-13-17(14-12-15)21-16-9-7-6-8-10-16/h1,6-14,20H,2-4H3/t19-/m0/s1. The Kier molecular flexibility index (Phi) is 4.06. The third-order valence-electron chi connectivity index (χ3n) is 3.55. The smallest absolute Gasteiger partial charge is 0.155 e. The van der Waals surface area contributed by atoms with Crippen LogP contribution in [0, 0.1) is 17.8 Å². The van der Waals surface area contributed by atoms with Gasteiger partial charge < -0.3 is 9.84 Å². The summed E-state index contributed by atoms with van der Waals surface area (Å²) in [7, 11) is 0. The van der Waals surface area contributed by atoms with Gasteiger partial charge in [-0.05, 0) is 29.8 Å². The minimum absolute atomic E-state index is 0.455. The predicted octanol–water partition coefficient (Wildman–Crippen LogP) is 4.35. The summed E-state index contributed by atoms with van der Waals surface area (Å²) >= 11 is 0. The minimum atomic E-state index is -1.31. The van der Waals surface area contributed by atoms with Gasteiger partial charge in [-0.1, -0.05) is 57.0 Å². The van der Waals surface area contributed by atoms with E-state index in [1.165, 1.54) is 0 Å². The van der Waals surface area contributed by atoms with Crippen molar-refractivity contribution in [1.82, 2.24) is 0 Å². The van der Waals surface area contributed by atoms with Crippen molar-refractivity contribution in [1.29, 1.82) is 0 Å². The van der Waals surface area contributed by atoms with Gasteiger partial charge in [0.05, 0.1) is 0 Å². The van der Waals surface area contributed by atoms with Gasteiger partial charge in [0.25, 0.3) is 0 Å². The lowest BCUT2D eigenvalue weighted by Crippen LogP contribution is -2.38. The van der Waals surface area contributed by atoms with Crippen molar-refractivity contribution in [3.8, 4) is 23.8 Å². The van der Waals surface area contributed by atoms with E-state index in [1.807, 2.05) is 75.4 Å². The van der Waals surface area contributed by atoms with E-state index in [1.54, 1.807) is 0 Å². The van der Waals surface area contributed by atoms with Crippen molar-refractivity contribution < 1.29 is 9.84 Å². The summed E-state index contributed by atoms with van der Waals surface area (Å²) < 4.78 is 5.73. The van der Waals surface area contributed by atoms with Crippen LogP contribution in [0.1, 0.15) is 26.3 Å². The highest BCUT2D eigenvalue weighted by molar-refractivity contribution is 5.39. The molecule has 0 radical (unpaired) electrons. The van der Waals surface area contributed by atoms with Crippen LogP contribution < -0.4 is 4.74 Å². The molecule has 0 aliphatic heterocycles. The molecule has 2 aromatic carbocycles. The predicted molar refractivity (Wildman–Crippen MR) is 85.1 cm³/mol. The lowest BCUT2D eigenvalue weighted by Gasteiger charge is -2.36. The van der Waals surface area contributed by atoms with Gasteiger partial charge in [0, 0.05) is 5.41 Å². The van der Waals surface area contributed by atoms with Crippen molar-refractivity contribution >= 4 is 0 Å². The maximum absolute atomic E-state index is 10.7. The summed E-state index contributed by atoms with van der Waals surface area (Å²) in [6.07, 6.45) is 5.56. The molecule has 0 saturated carbocycles. The second kappa shape index (κ2) is 5.63. The van der Waals surface area contributed by atoms with Gasteiger partial charge in [-0.25, -0.2) is 0 Å². The highest BCUT2D eigenvalue weighted by atomic mass is 16.5. The van der Waals surface area contributed by atoms with Gasteiger partial charge in [-0.2, -0.15) is 0 Å². The Balaban J connectivity index is 2.25. The first-order chi connectivity index (χ1) is 9.87. The number of terminal acetylenes is 1. The van der Waals surface area contributed by atoms with E-state index in [0.717, 1.165) is 5.75 Å². The third-order valence-corrected chi connectivity index (χ3v) is 3.55. The second-order valence-corrected chi connectivity index (χ2v) is 6.04. The van der Waals surface area contributed by atoms with Crippen LogP contribution in [-0.4, -0.2) is 5.11 Å². The van der Waals surface area contributed by atoms with Gasteiger partial charge >= 0.3 is 0 Å². The highest BCUT2D eigenvalue weighted by Crippen LogP contribution is 2.39. The number of hydrogen-bond acceptors (Lipinski definition) is 2. The molecule has 108 valence electrons. The average Bonchev–Trinajstić information content (AvgIpc) is 2.47. The summed E-state index contributed by atoms with van der Waals surface area (Å²) in [5.41, 5.74) is -1.07. The Bertz CT molecular complexity index is 630. The number of aliphatic hydroxyl groups is 1. The van der Waals surface area contributed by atoms with Crippen LogP contribution in [0.25, 0.3) is 0 Å².